The molecule has 0 amide bonds. The first-order chi connectivity index (χ1) is 6.63. The third-order valence-electron chi connectivity index (χ3n) is 1.03. The Labute approximate surface area is 81.2 Å². The van der Waals surface area contributed by atoms with E-state index in [4.69, 9.17) is 10.2 Å². The van der Waals surface area contributed by atoms with Gasteiger partial charge in [0, 0.05) is 12.2 Å². The average molecular weight is 194 g/mol. The zero-order valence-corrected chi connectivity index (χ0v) is 7.33. The lowest BCUT2D eigenvalue weighted by molar-refractivity contribution is -0.132. The largest absolute Gasteiger partial charge is 0.478 e. The van der Waals surface area contributed by atoms with Crippen LogP contribution in [0.3, 0.4) is 0 Å². The third-order valence-corrected chi connectivity index (χ3v) is 1.03. The van der Waals surface area contributed by atoms with Gasteiger partial charge in [0.15, 0.2) is 0 Å². The first kappa shape index (κ1) is 11.9. The van der Waals surface area contributed by atoms with Crippen molar-refractivity contribution in [1.82, 2.24) is 0 Å². The summed E-state index contributed by atoms with van der Waals surface area (Å²) < 4.78 is 0. The highest BCUT2D eigenvalue weighted by molar-refractivity contribution is 5.80. The minimum absolute atomic E-state index is 0.997. The molecule has 0 aromatic rings. The second kappa shape index (κ2) is 7.54. The van der Waals surface area contributed by atoms with E-state index in [0.717, 1.165) is 12.2 Å². The SMILES string of the molecule is O=C(O)\C=C/C=C\C=C\C=C\C(=O)O. The second-order valence-corrected chi connectivity index (χ2v) is 2.16. The van der Waals surface area contributed by atoms with Crippen LogP contribution in [0.15, 0.2) is 48.6 Å². The Kier molecular flexibility index (Phi) is 6.41. The monoisotopic (exact) mass is 194 g/mol. The molecule has 0 rings (SSSR count). The fourth-order valence-electron chi connectivity index (χ4n) is 0.532. The molecule has 0 aliphatic rings. The molecule has 0 aliphatic carbocycles. The molecule has 0 radical (unpaired) electrons. The molecule has 0 heterocycles. The Bertz CT molecular complexity index is 276. The Balaban J connectivity index is 3.82. The minimum Gasteiger partial charge on any atom is -0.478 e. The molecule has 0 atom stereocenters. The van der Waals surface area contributed by atoms with Gasteiger partial charge in [-0.3, -0.25) is 0 Å². The second-order valence-electron chi connectivity index (χ2n) is 2.16. The fraction of sp³-hybridized carbons (Fsp3) is 0. The van der Waals surface area contributed by atoms with Gasteiger partial charge in [0.1, 0.15) is 0 Å². The summed E-state index contributed by atoms with van der Waals surface area (Å²) in [5, 5.41) is 16.4. The summed E-state index contributed by atoms with van der Waals surface area (Å²) in [6.45, 7) is 0. The van der Waals surface area contributed by atoms with Crippen molar-refractivity contribution in [2.45, 2.75) is 0 Å². The zero-order chi connectivity index (χ0) is 10.8. The molecule has 74 valence electrons. The maximum Gasteiger partial charge on any atom is 0.328 e. The van der Waals surface area contributed by atoms with Gasteiger partial charge in [-0.15, -0.1) is 0 Å². The third kappa shape index (κ3) is 9.90. The van der Waals surface area contributed by atoms with Crippen LogP contribution in [0.2, 0.25) is 0 Å². The van der Waals surface area contributed by atoms with Crippen LogP contribution < -0.4 is 0 Å². The molecule has 2 N–H and O–H groups in total. The van der Waals surface area contributed by atoms with Crippen molar-refractivity contribution in [3.63, 3.8) is 0 Å². The summed E-state index contributed by atoms with van der Waals surface area (Å²) >= 11 is 0. The molecule has 4 nitrogen and oxygen atoms in total. The van der Waals surface area contributed by atoms with E-state index in [1.54, 1.807) is 12.2 Å². The van der Waals surface area contributed by atoms with E-state index < -0.39 is 11.9 Å². The number of carboxylic acids is 2. The van der Waals surface area contributed by atoms with E-state index in [-0.39, 0.29) is 0 Å². The fourth-order valence-corrected chi connectivity index (χ4v) is 0.532. The summed E-state index contributed by atoms with van der Waals surface area (Å²) in [5.41, 5.74) is 0. The van der Waals surface area contributed by atoms with Gasteiger partial charge in [0.25, 0.3) is 0 Å². The lowest BCUT2D eigenvalue weighted by Crippen LogP contribution is -1.84. The van der Waals surface area contributed by atoms with Crippen LogP contribution in [0.4, 0.5) is 0 Å². The van der Waals surface area contributed by atoms with Gasteiger partial charge in [0.2, 0.25) is 0 Å². The highest BCUT2D eigenvalue weighted by atomic mass is 16.4. The topological polar surface area (TPSA) is 74.6 Å². The molecule has 0 unspecified atom stereocenters. The first-order valence-corrected chi connectivity index (χ1v) is 3.77. The minimum atomic E-state index is -1.01. The van der Waals surface area contributed by atoms with Gasteiger partial charge in [-0.05, 0) is 0 Å². The molecule has 0 saturated carbocycles. The van der Waals surface area contributed by atoms with Gasteiger partial charge in [-0.1, -0.05) is 36.5 Å². The summed E-state index contributed by atoms with van der Waals surface area (Å²) in [6, 6.07) is 0. The molecule has 0 spiro atoms. The van der Waals surface area contributed by atoms with Gasteiger partial charge in [-0.25, -0.2) is 9.59 Å². The molecule has 0 aliphatic heterocycles. The Morgan fingerprint density at radius 2 is 0.929 bits per heavy atom. The van der Waals surface area contributed by atoms with Crippen molar-refractivity contribution in [1.29, 1.82) is 0 Å². The quantitative estimate of drug-likeness (QED) is 0.512. The van der Waals surface area contributed by atoms with Crippen molar-refractivity contribution >= 4 is 11.9 Å². The van der Waals surface area contributed by atoms with Crippen LogP contribution in [-0.4, -0.2) is 22.2 Å². The molecular formula is C10H10O4. The molecule has 0 aromatic carbocycles. The number of carbonyl (C=O) groups is 2. The van der Waals surface area contributed by atoms with E-state index in [1.807, 2.05) is 0 Å². The van der Waals surface area contributed by atoms with E-state index >= 15 is 0 Å². The van der Waals surface area contributed by atoms with Crippen LogP contribution in [0.5, 0.6) is 0 Å². The van der Waals surface area contributed by atoms with Crippen molar-refractivity contribution < 1.29 is 19.8 Å². The maximum absolute atomic E-state index is 9.99. The van der Waals surface area contributed by atoms with Crippen LogP contribution in [0, 0.1) is 0 Å². The van der Waals surface area contributed by atoms with Gasteiger partial charge < -0.3 is 10.2 Å². The number of hydrogen-bond donors (Lipinski definition) is 2. The van der Waals surface area contributed by atoms with Crippen molar-refractivity contribution in [2.75, 3.05) is 0 Å². The summed E-state index contributed by atoms with van der Waals surface area (Å²) in [4.78, 5) is 20.0. The predicted octanol–water partition coefficient (Wildman–Crippen LogP) is 1.38. The highest BCUT2D eigenvalue weighted by Crippen LogP contribution is 1.82. The smallest absolute Gasteiger partial charge is 0.328 e. The van der Waals surface area contributed by atoms with E-state index in [1.165, 1.54) is 24.3 Å². The number of hydrogen-bond acceptors (Lipinski definition) is 2. The van der Waals surface area contributed by atoms with E-state index in [2.05, 4.69) is 0 Å². The Hall–Kier alpha value is -2.10. The lowest BCUT2D eigenvalue weighted by Gasteiger charge is -1.75. The number of carboxylic acid groups (broad SMARTS) is 2. The molecule has 0 bridgehead atoms. The standard InChI is InChI=1S/C10H10O4/c11-9(12)7-5-3-1-2-4-6-8-10(13)14/h1-8H,(H,11,12)(H,13,14)/b3-1-,4-2+,7-5-,8-6+. The first-order valence-electron chi connectivity index (χ1n) is 3.77. The van der Waals surface area contributed by atoms with Crippen molar-refractivity contribution in [2.24, 2.45) is 0 Å². The zero-order valence-electron chi connectivity index (χ0n) is 7.33. The summed E-state index contributed by atoms with van der Waals surface area (Å²) in [6.07, 6.45) is 11.0. The van der Waals surface area contributed by atoms with Crippen molar-refractivity contribution in [3.05, 3.63) is 48.6 Å². The predicted molar refractivity (Wildman–Crippen MR) is 51.8 cm³/mol. The molecule has 4 heteroatoms. The number of rotatable bonds is 5. The van der Waals surface area contributed by atoms with E-state index in [9.17, 15) is 9.59 Å². The Morgan fingerprint density at radius 3 is 1.21 bits per heavy atom. The molecule has 14 heavy (non-hydrogen) atoms. The molecule has 0 fully saturated rings. The van der Waals surface area contributed by atoms with Crippen LogP contribution >= 0.6 is 0 Å². The van der Waals surface area contributed by atoms with Gasteiger partial charge in [0.05, 0.1) is 0 Å². The van der Waals surface area contributed by atoms with Gasteiger partial charge >= 0.3 is 11.9 Å². The van der Waals surface area contributed by atoms with Crippen LogP contribution in [-0.2, 0) is 9.59 Å². The summed E-state index contributed by atoms with van der Waals surface area (Å²) in [5.74, 6) is -2.02. The maximum atomic E-state index is 9.99. The number of allylic oxidation sites excluding steroid dienone is 6. The molecule has 0 aromatic heterocycles. The van der Waals surface area contributed by atoms with Crippen molar-refractivity contribution in [3.8, 4) is 0 Å². The summed E-state index contributed by atoms with van der Waals surface area (Å²) in [7, 11) is 0. The normalized spacial score (nSPS) is 12.3. The highest BCUT2D eigenvalue weighted by Gasteiger charge is 1.80. The number of aliphatic carboxylic acids is 2. The van der Waals surface area contributed by atoms with Crippen LogP contribution in [0.1, 0.15) is 0 Å². The average Bonchev–Trinajstić information content (AvgIpc) is 2.08. The molecule has 0 saturated heterocycles. The Morgan fingerprint density at radius 1 is 0.643 bits per heavy atom. The molecular weight excluding hydrogens is 184 g/mol. The van der Waals surface area contributed by atoms with E-state index in [0.29, 0.717) is 0 Å². The van der Waals surface area contributed by atoms with Crippen LogP contribution in [0.25, 0.3) is 0 Å². The van der Waals surface area contributed by atoms with Gasteiger partial charge in [-0.2, -0.15) is 0 Å². The lowest BCUT2D eigenvalue weighted by atomic mass is 10.4.